The number of fused-ring (bicyclic) bond motifs is 1. The highest BCUT2D eigenvalue weighted by molar-refractivity contribution is 5.95. The minimum atomic E-state index is -2.00. The van der Waals surface area contributed by atoms with Crippen molar-refractivity contribution in [2.75, 3.05) is 13.1 Å². The molecule has 130 valence electrons. The molecular weight excluding hydrogens is 316 g/mol. The Kier molecular flexibility index (Phi) is 4.19. The number of aromatic nitrogens is 2. The molecule has 1 aromatic heterocycles. The number of carbonyl (C=O) groups is 1. The van der Waals surface area contributed by atoms with Gasteiger partial charge in [0.25, 0.3) is 5.91 Å². The van der Waals surface area contributed by atoms with Gasteiger partial charge in [-0.1, -0.05) is 0 Å². The number of amides is 1. The van der Waals surface area contributed by atoms with Gasteiger partial charge in [0.1, 0.15) is 0 Å². The molecule has 2 heterocycles. The maximum atomic E-state index is 14.2. The van der Waals surface area contributed by atoms with E-state index in [2.05, 4.69) is 4.98 Å². The number of nitrogens with zero attached hydrogens (tertiary/aromatic N) is 3. The number of alkyl halides is 1. The Hall–Kier alpha value is -2.18. The summed E-state index contributed by atoms with van der Waals surface area (Å²) in [7, 11) is 1.67. The summed E-state index contributed by atoms with van der Waals surface area (Å²) in [4.78, 5) is 18.7. The van der Waals surface area contributed by atoms with Gasteiger partial charge in [-0.2, -0.15) is 4.39 Å². The van der Waals surface area contributed by atoms with E-state index in [1.165, 1.54) is 26.0 Å². The number of likely N-dealkylation sites (tertiary alicyclic amines) is 1. The minimum Gasteiger partial charge on any atom is -0.455 e. The SMILES string of the molecule is Cn1c(C(=O)N2CCCCC2)nc2cc(OC(C)(C)F)c(F)cc21. The number of hydrogen-bond donors (Lipinski definition) is 0. The molecule has 2 aromatic rings. The second kappa shape index (κ2) is 6.03. The number of imidazole rings is 1. The largest absolute Gasteiger partial charge is 0.455 e. The topological polar surface area (TPSA) is 47.4 Å². The van der Waals surface area contributed by atoms with Crippen molar-refractivity contribution in [2.24, 2.45) is 7.05 Å². The van der Waals surface area contributed by atoms with E-state index in [1.54, 1.807) is 16.5 Å². The van der Waals surface area contributed by atoms with Gasteiger partial charge in [-0.25, -0.2) is 9.37 Å². The number of piperidine rings is 1. The van der Waals surface area contributed by atoms with Crippen LogP contribution >= 0.6 is 0 Å². The molecule has 5 nitrogen and oxygen atoms in total. The lowest BCUT2D eigenvalue weighted by Gasteiger charge is -2.26. The number of benzene rings is 1. The van der Waals surface area contributed by atoms with Gasteiger partial charge in [-0.3, -0.25) is 4.79 Å². The van der Waals surface area contributed by atoms with Crippen LogP contribution in [0.15, 0.2) is 12.1 Å². The third-order valence-electron chi connectivity index (χ3n) is 4.12. The fraction of sp³-hybridized carbons (Fsp3) is 0.529. The first kappa shape index (κ1) is 16.7. The number of rotatable bonds is 3. The summed E-state index contributed by atoms with van der Waals surface area (Å²) >= 11 is 0. The van der Waals surface area contributed by atoms with Gasteiger partial charge < -0.3 is 14.2 Å². The molecule has 1 aliphatic heterocycles. The Morgan fingerprint density at radius 1 is 1.25 bits per heavy atom. The molecule has 1 saturated heterocycles. The number of ether oxygens (including phenoxy) is 1. The first-order chi connectivity index (χ1) is 11.3. The zero-order valence-corrected chi connectivity index (χ0v) is 14.1. The van der Waals surface area contributed by atoms with Crippen LogP contribution in [0.5, 0.6) is 5.75 Å². The zero-order chi connectivity index (χ0) is 17.5. The number of aryl methyl sites for hydroxylation is 1. The predicted octanol–water partition coefficient (Wildman–Crippen LogP) is 3.42. The summed E-state index contributed by atoms with van der Waals surface area (Å²) in [5, 5.41) is 0. The van der Waals surface area contributed by atoms with E-state index >= 15 is 0 Å². The molecule has 24 heavy (non-hydrogen) atoms. The molecule has 0 bridgehead atoms. The minimum absolute atomic E-state index is 0.165. The number of halogens is 2. The summed E-state index contributed by atoms with van der Waals surface area (Å²) < 4.78 is 34.4. The summed E-state index contributed by atoms with van der Waals surface area (Å²) in [6.07, 6.45) is 3.08. The van der Waals surface area contributed by atoms with Gasteiger partial charge in [0.15, 0.2) is 17.4 Å². The van der Waals surface area contributed by atoms with Crippen LogP contribution in [0.4, 0.5) is 8.78 Å². The van der Waals surface area contributed by atoms with Crippen LogP contribution in [0.2, 0.25) is 0 Å². The highest BCUT2D eigenvalue weighted by atomic mass is 19.2. The Labute approximate surface area is 139 Å². The third kappa shape index (κ3) is 3.20. The molecule has 0 atom stereocenters. The molecular formula is C17H21F2N3O2. The fourth-order valence-corrected chi connectivity index (χ4v) is 2.96. The van der Waals surface area contributed by atoms with Crippen molar-refractivity contribution in [3.8, 4) is 5.75 Å². The Balaban J connectivity index is 1.99. The zero-order valence-electron chi connectivity index (χ0n) is 14.1. The van der Waals surface area contributed by atoms with Crippen LogP contribution in [0.3, 0.4) is 0 Å². The van der Waals surface area contributed by atoms with Crippen LogP contribution in [-0.2, 0) is 7.05 Å². The molecule has 0 unspecified atom stereocenters. The maximum Gasteiger partial charge on any atom is 0.289 e. The lowest BCUT2D eigenvalue weighted by molar-refractivity contribution is -0.0284. The van der Waals surface area contributed by atoms with E-state index in [-0.39, 0.29) is 17.5 Å². The standard InChI is InChI=1S/C17H21F2N3O2/c1-17(2,19)24-14-10-12-13(9-11(14)18)21(3)15(20-12)16(23)22-7-5-4-6-8-22/h9-10H,4-8H2,1-3H3. The summed E-state index contributed by atoms with van der Waals surface area (Å²) in [5.74, 6) is -2.82. The van der Waals surface area contributed by atoms with Crippen LogP contribution in [0.1, 0.15) is 43.7 Å². The summed E-state index contributed by atoms with van der Waals surface area (Å²) in [5.41, 5.74) is 0.871. The maximum absolute atomic E-state index is 14.2. The highest BCUT2D eigenvalue weighted by Crippen LogP contribution is 2.28. The van der Waals surface area contributed by atoms with E-state index in [0.29, 0.717) is 24.1 Å². The molecule has 7 heteroatoms. The van der Waals surface area contributed by atoms with E-state index in [9.17, 15) is 13.6 Å². The Morgan fingerprint density at radius 2 is 1.92 bits per heavy atom. The van der Waals surface area contributed by atoms with Crippen LogP contribution < -0.4 is 4.74 Å². The van der Waals surface area contributed by atoms with Crippen molar-refractivity contribution < 1.29 is 18.3 Å². The second-order valence-electron chi connectivity index (χ2n) is 6.58. The normalized spacial score (nSPS) is 15.8. The average molecular weight is 337 g/mol. The lowest BCUT2D eigenvalue weighted by Crippen LogP contribution is -2.36. The van der Waals surface area contributed by atoms with Gasteiger partial charge in [-0.05, 0) is 19.3 Å². The first-order valence-electron chi connectivity index (χ1n) is 8.09. The fourth-order valence-electron chi connectivity index (χ4n) is 2.96. The smallest absolute Gasteiger partial charge is 0.289 e. The van der Waals surface area contributed by atoms with Crippen LogP contribution in [0, 0.1) is 5.82 Å². The molecule has 1 aromatic carbocycles. The van der Waals surface area contributed by atoms with Crippen molar-refractivity contribution in [3.63, 3.8) is 0 Å². The highest BCUT2D eigenvalue weighted by Gasteiger charge is 2.25. The molecule has 1 amide bonds. The lowest BCUT2D eigenvalue weighted by atomic mass is 10.1. The summed E-state index contributed by atoms with van der Waals surface area (Å²) in [6, 6.07) is 2.55. The van der Waals surface area contributed by atoms with Crippen LogP contribution in [-0.4, -0.2) is 39.3 Å². The Bertz CT molecular complexity index is 774. The van der Waals surface area contributed by atoms with E-state index in [1.807, 2.05) is 0 Å². The van der Waals surface area contributed by atoms with Gasteiger partial charge in [-0.15, -0.1) is 0 Å². The molecule has 0 aliphatic carbocycles. The molecule has 0 saturated carbocycles. The molecule has 0 radical (unpaired) electrons. The van der Waals surface area contributed by atoms with Crippen molar-refractivity contribution >= 4 is 16.9 Å². The molecule has 0 spiro atoms. The second-order valence-corrected chi connectivity index (χ2v) is 6.58. The van der Waals surface area contributed by atoms with Crippen molar-refractivity contribution in [3.05, 3.63) is 23.8 Å². The average Bonchev–Trinajstić information content (AvgIpc) is 2.83. The van der Waals surface area contributed by atoms with Crippen molar-refractivity contribution in [1.29, 1.82) is 0 Å². The predicted molar refractivity (Wildman–Crippen MR) is 86.2 cm³/mol. The Morgan fingerprint density at radius 3 is 2.54 bits per heavy atom. The monoisotopic (exact) mass is 337 g/mol. The van der Waals surface area contributed by atoms with Crippen molar-refractivity contribution in [2.45, 2.75) is 39.0 Å². The van der Waals surface area contributed by atoms with E-state index < -0.39 is 11.7 Å². The van der Waals surface area contributed by atoms with Crippen molar-refractivity contribution in [1.82, 2.24) is 14.5 Å². The number of hydrogen-bond acceptors (Lipinski definition) is 3. The summed E-state index contributed by atoms with van der Waals surface area (Å²) in [6.45, 7) is 3.81. The third-order valence-corrected chi connectivity index (χ3v) is 4.12. The van der Waals surface area contributed by atoms with Gasteiger partial charge in [0.05, 0.1) is 11.0 Å². The molecule has 0 N–H and O–H groups in total. The van der Waals surface area contributed by atoms with E-state index in [0.717, 1.165) is 19.3 Å². The molecule has 3 rings (SSSR count). The molecule has 1 fully saturated rings. The van der Waals surface area contributed by atoms with Crippen LogP contribution in [0.25, 0.3) is 11.0 Å². The molecule has 1 aliphatic rings. The quantitative estimate of drug-likeness (QED) is 0.862. The van der Waals surface area contributed by atoms with E-state index in [4.69, 9.17) is 4.74 Å². The van der Waals surface area contributed by atoms with Gasteiger partial charge in [0.2, 0.25) is 5.85 Å². The number of carbonyl (C=O) groups excluding carboxylic acids is 1. The van der Waals surface area contributed by atoms with Gasteiger partial charge >= 0.3 is 0 Å². The van der Waals surface area contributed by atoms with Gasteiger partial charge in [0, 0.05) is 46.1 Å². The first-order valence-corrected chi connectivity index (χ1v) is 8.09.